The van der Waals surface area contributed by atoms with Gasteiger partial charge in [-0.3, -0.25) is 24.1 Å². The standard InChI is InChI=1S/C28H30N2O5/c1-16-7-12-22-23(13-16)27(33)30(26(22)32)20-8-10-21(11-9-20)35-28(34)19-14-24(31)29(15-19)25-17(2)5-4-6-18(25)3/h4-6,8-11,16,19,22-23H,7,12-15H2,1-3H3/t16-,19-,22-,23-/m1/s1. The molecule has 182 valence electrons. The summed E-state index contributed by atoms with van der Waals surface area (Å²) in [6.07, 6.45) is 2.57. The van der Waals surface area contributed by atoms with E-state index in [1.165, 1.54) is 4.90 Å². The van der Waals surface area contributed by atoms with Crippen molar-refractivity contribution in [3.63, 3.8) is 0 Å². The van der Waals surface area contributed by atoms with Gasteiger partial charge in [-0.2, -0.15) is 0 Å². The summed E-state index contributed by atoms with van der Waals surface area (Å²) in [5.41, 5.74) is 3.33. The van der Waals surface area contributed by atoms with Gasteiger partial charge in [-0.15, -0.1) is 0 Å². The van der Waals surface area contributed by atoms with Crippen molar-refractivity contribution in [2.24, 2.45) is 23.7 Å². The Labute approximate surface area is 205 Å². The molecular weight excluding hydrogens is 444 g/mol. The van der Waals surface area contributed by atoms with Gasteiger partial charge in [0.1, 0.15) is 5.75 Å². The number of carbonyl (C=O) groups is 4. The Balaban J connectivity index is 1.26. The highest BCUT2D eigenvalue weighted by Gasteiger charge is 2.50. The van der Waals surface area contributed by atoms with Crippen LogP contribution in [0.4, 0.5) is 11.4 Å². The van der Waals surface area contributed by atoms with Crippen molar-refractivity contribution in [2.75, 3.05) is 16.3 Å². The van der Waals surface area contributed by atoms with Gasteiger partial charge >= 0.3 is 5.97 Å². The molecular formula is C28H30N2O5. The molecule has 0 aromatic heterocycles. The molecule has 2 saturated heterocycles. The van der Waals surface area contributed by atoms with Crippen LogP contribution in [-0.2, 0) is 19.2 Å². The predicted octanol–water partition coefficient (Wildman–Crippen LogP) is 4.19. The monoisotopic (exact) mass is 474 g/mol. The van der Waals surface area contributed by atoms with Crippen LogP contribution in [0.5, 0.6) is 5.75 Å². The molecule has 5 rings (SSSR count). The van der Waals surface area contributed by atoms with Crippen molar-refractivity contribution in [2.45, 2.75) is 46.5 Å². The molecule has 35 heavy (non-hydrogen) atoms. The lowest BCUT2D eigenvalue weighted by Gasteiger charge is -2.25. The number of aryl methyl sites for hydroxylation is 2. The fourth-order valence-electron chi connectivity index (χ4n) is 5.82. The third-order valence-electron chi connectivity index (χ3n) is 7.67. The highest BCUT2D eigenvalue weighted by molar-refractivity contribution is 6.22. The first-order valence-corrected chi connectivity index (χ1v) is 12.3. The third-order valence-corrected chi connectivity index (χ3v) is 7.67. The first-order valence-electron chi connectivity index (χ1n) is 12.3. The van der Waals surface area contributed by atoms with Gasteiger partial charge in [0.15, 0.2) is 0 Å². The number of hydrogen-bond donors (Lipinski definition) is 0. The Morgan fingerprint density at radius 3 is 2.26 bits per heavy atom. The molecule has 2 aromatic rings. The van der Waals surface area contributed by atoms with Crippen molar-refractivity contribution < 1.29 is 23.9 Å². The summed E-state index contributed by atoms with van der Waals surface area (Å²) in [7, 11) is 0. The molecule has 2 heterocycles. The van der Waals surface area contributed by atoms with Crippen LogP contribution in [-0.4, -0.2) is 30.2 Å². The second-order valence-electron chi connectivity index (χ2n) is 10.2. The van der Waals surface area contributed by atoms with E-state index in [4.69, 9.17) is 4.74 Å². The van der Waals surface area contributed by atoms with Crippen LogP contribution < -0.4 is 14.5 Å². The molecule has 4 atom stereocenters. The van der Waals surface area contributed by atoms with Crippen LogP contribution in [0.2, 0.25) is 0 Å². The van der Waals surface area contributed by atoms with E-state index in [-0.39, 0.29) is 42.5 Å². The summed E-state index contributed by atoms with van der Waals surface area (Å²) < 4.78 is 5.57. The van der Waals surface area contributed by atoms with E-state index in [1.807, 2.05) is 32.0 Å². The lowest BCUT2D eigenvalue weighted by molar-refractivity contribution is -0.139. The number of rotatable bonds is 4. The molecule has 3 fully saturated rings. The number of imide groups is 1. The van der Waals surface area contributed by atoms with E-state index < -0.39 is 11.9 Å². The zero-order valence-electron chi connectivity index (χ0n) is 20.3. The molecule has 0 spiro atoms. The first kappa shape index (κ1) is 23.3. The Bertz CT molecular complexity index is 1180. The Morgan fingerprint density at radius 2 is 1.57 bits per heavy atom. The molecule has 1 aliphatic carbocycles. The van der Waals surface area contributed by atoms with Crippen molar-refractivity contribution in [3.05, 3.63) is 53.6 Å². The molecule has 7 heteroatoms. The van der Waals surface area contributed by atoms with Gasteiger partial charge in [0.05, 0.1) is 23.4 Å². The molecule has 3 aliphatic rings. The number of fused-ring (bicyclic) bond motifs is 1. The van der Waals surface area contributed by atoms with Gasteiger partial charge < -0.3 is 9.64 Å². The summed E-state index contributed by atoms with van der Waals surface area (Å²) in [5.74, 6) is -1.08. The van der Waals surface area contributed by atoms with Crippen LogP contribution in [0, 0.1) is 37.5 Å². The minimum absolute atomic E-state index is 0.0958. The molecule has 0 bridgehead atoms. The minimum atomic E-state index is -0.562. The Hall–Kier alpha value is -3.48. The zero-order chi connectivity index (χ0) is 24.9. The SMILES string of the molecule is Cc1cccc(C)c1N1C[C@H](C(=O)Oc2ccc(N3C(=O)[C@@H]4CC[C@@H](C)C[C@H]4C3=O)cc2)CC1=O. The summed E-state index contributed by atoms with van der Waals surface area (Å²) in [4.78, 5) is 54.3. The average molecular weight is 475 g/mol. The predicted molar refractivity (Wildman–Crippen MR) is 131 cm³/mol. The van der Waals surface area contributed by atoms with Crippen molar-refractivity contribution in [1.82, 2.24) is 0 Å². The first-order chi connectivity index (χ1) is 16.7. The zero-order valence-corrected chi connectivity index (χ0v) is 20.3. The van der Waals surface area contributed by atoms with Gasteiger partial charge in [0.25, 0.3) is 0 Å². The van der Waals surface area contributed by atoms with Crippen LogP contribution in [0.1, 0.15) is 43.7 Å². The van der Waals surface area contributed by atoms with Crippen molar-refractivity contribution >= 4 is 35.1 Å². The van der Waals surface area contributed by atoms with E-state index >= 15 is 0 Å². The van der Waals surface area contributed by atoms with Gasteiger partial charge in [0.2, 0.25) is 17.7 Å². The second-order valence-corrected chi connectivity index (χ2v) is 10.2. The smallest absolute Gasteiger partial charge is 0.316 e. The minimum Gasteiger partial charge on any atom is -0.426 e. The van der Waals surface area contributed by atoms with Crippen molar-refractivity contribution in [3.8, 4) is 5.75 Å². The molecule has 0 radical (unpaired) electrons. The van der Waals surface area contributed by atoms with Gasteiger partial charge in [-0.1, -0.05) is 25.1 Å². The van der Waals surface area contributed by atoms with Crippen LogP contribution in [0.15, 0.2) is 42.5 Å². The summed E-state index contributed by atoms with van der Waals surface area (Å²) in [6.45, 7) is 6.31. The second kappa shape index (κ2) is 8.95. The lowest BCUT2D eigenvalue weighted by atomic mass is 9.76. The van der Waals surface area contributed by atoms with Crippen molar-refractivity contribution in [1.29, 1.82) is 0 Å². The van der Waals surface area contributed by atoms with E-state index in [2.05, 4.69) is 6.92 Å². The number of anilines is 2. The summed E-state index contributed by atoms with van der Waals surface area (Å²) >= 11 is 0. The normalized spacial score (nSPS) is 26.3. The molecule has 1 saturated carbocycles. The van der Waals surface area contributed by atoms with E-state index in [0.717, 1.165) is 36.1 Å². The maximum absolute atomic E-state index is 12.9. The average Bonchev–Trinajstić information content (AvgIpc) is 3.32. The lowest BCUT2D eigenvalue weighted by Crippen LogP contribution is -2.30. The van der Waals surface area contributed by atoms with E-state index in [9.17, 15) is 19.2 Å². The van der Waals surface area contributed by atoms with Crippen LogP contribution >= 0.6 is 0 Å². The topological polar surface area (TPSA) is 84.0 Å². The number of amides is 3. The number of esters is 1. The maximum Gasteiger partial charge on any atom is 0.316 e. The number of benzene rings is 2. The summed E-state index contributed by atoms with van der Waals surface area (Å²) in [5, 5.41) is 0. The van der Waals surface area contributed by atoms with Gasteiger partial charge in [0, 0.05) is 18.7 Å². The molecule has 0 N–H and O–H groups in total. The van der Waals surface area contributed by atoms with E-state index in [0.29, 0.717) is 17.4 Å². The maximum atomic E-state index is 12.9. The molecule has 3 amide bonds. The number of nitrogens with zero attached hydrogens (tertiary/aromatic N) is 2. The molecule has 2 aromatic carbocycles. The van der Waals surface area contributed by atoms with Crippen LogP contribution in [0.3, 0.4) is 0 Å². The third kappa shape index (κ3) is 4.13. The molecule has 2 aliphatic heterocycles. The van der Waals surface area contributed by atoms with E-state index in [1.54, 1.807) is 29.2 Å². The fraction of sp³-hybridized carbons (Fsp3) is 0.429. The van der Waals surface area contributed by atoms with Crippen LogP contribution in [0.25, 0.3) is 0 Å². The number of carbonyl (C=O) groups excluding carboxylic acids is 4. The number of para-hydroxylation sites is 1. The molecule has 0 unspecified atom stereocenters. The highest BCUT2D eigenvalue weighted by atomic mass is 16.5. The Kier molecular flexibility index (Phi) is 5.95. The highest BCUT2D eigenvalue weighted by Crippen LogP contribution is 2.42. The van der Waals surface area contributed by atoms with Gasteiger partial charge in [-0.05, 0) is 74.4 Å². The number of ether oxygens (including phenoxy) is 1. The largest absolute Gasteiger partial charge is 0.426 e. The summed E-state index contributed by atoms with van der Waals surface area (Å²) in [6, 6.07) is 12.3. The Morgan fingerprint density at radius 1 is 0.914 bits per heavy atom. The molecule has 7 nitrogen and oxygen atoms in total. The quantitative estimate of drug-likeness (QED) is 0.377. The number of hydrogen-bond acceptors (Lipinski definition) is 5. The van der Waals surface area contributed by atoms with Gasteiger partial charge in [-0.25, -0.2) is 0 Å². The fourth-order valence-corrected chi connectivity index (χ4v) is 5.82.